The zero-order valence-corrected chi connectivity index (χ0v) is 19.2. The third kappa shape index (κ3) is 5.48. The summed E-state index contributed by atoms with van der Waals surface area (Å²) in [7, 11) is 0. The summed E-state index contributed by atoms with van der Waals surface area (Å²) >= 11 is 0. The predicted molar refractivity (Wildman–Crippen MR) is 130 cm³/mol. The number of aliphatic carboxylic acids is 1. The van der Waals surface area contributed by atoms with E-state index in [1.807, 2.05) is 36.4 Å². The molecule has 0 heterocycles. The maximum absolute atomic E-state index is 12.7. The van der Waals surface area contributed by atoms with Gasteiger partial charge in [-0.15, -0.1) is 0 Å². The van der Waals surface area contributed by atoms with E-state index in [9.17, 15) is 24.8 Å². The van der Waals surface area contributed by atoms with Crippen LogP contribution in [0, 0.1) is 16.0 Å². The van der Waals surface area contributed by atoms with Crippen LogP contribution >= 0.6 is 0 Å². The molecular weight excluding hydrogens is 448 g/mol. The van der Waals surface area contributed by atoms with Gasteiger partial charge in [-0.3, -0.25) is 14.9 Å². The average molecular weight is 475 g/mol. The van der Waals surface area contributed by atoms with E-state index in [1.165, 1.54) is 12.1 Å². The van der Waals surface area contributed by atoms with E-state index in [1.54, 1.807) is 19.1 Å². The SMILES string of the molecule is C[C@@H](C[C@H](Cc1ccc([N+](=O)[O-])cc1)NC(=O)OCC1c2ccccc2-c2ccccc21)C(=O)O. The van der Waals surface area contributed by atoms with E-state index in [-0.39, 0.29) is 24.6 Å². The van der Waals surface area contributed by atoms with Crippen LogP contribution in [0.1, 0.15) is 36.0 Å². The quantitative estimate of drug-likeness (QED) is 0.327. The normalized spacial score (nSPS) is 13.9. The van der Waals surface area contributed by atoms with Gasteiger partial charge in [-0.1, -0.05) is 67.6 Å². The van der Waals surface area contributed by atoms with Crippen molar-refractivity contribution in [3.05, 3.63) is 99.6 Å². The smallest absolute Gasteiger partial charge is 0.407 e. The number of hydrogen-bond acceptors (Lipinski definition) is 5. The van der Waals surface area contributed by atoms with Crippen LogP contribution in [-0.4, -0.2) is 34.7 Å². The third-order valence-corrected chi connectivity index (χ3v) is 6.35. The number of nitrogens with one attached hydrogen (secondary N) is 1. The van der Waals surface area contributed by atoms with Crippen LogP contribution in [0.4, 0.5) is 10.5 Å². The van der Waals surface area contributed by atoms with Crippen molar-refractivity contribution in [1.29, 1.82) is 0 Å². The summed E-state index contributed by atoms with van der Waals surface area (Å²) in [6, 6.07) is 21.6. The van der Waals surface area contributed by atoms with Gasteiger partial charge in [0.2, 0.25) is 0 Å². The second-order valence-corrected chi connectivity index (χ2v) is 8.77. The van der Waals surface area contributed by atoms with Crippen LogP contribution in [0.15, 0.2) is 72.8 Å². The number of ether oxygens (including phenoxy) is 1. The summed E-state index contributed by atoms with van der Waals surface area (Å²) in [4.78, 5) is 34.6. The average Bonchev–Trinajstić information content (AvgIpc) is 3.16. The molecule has 0 bridgehead atoms. The molecule has 0 unspecified atom stereocenters. The van der Waals surface area contributed by atoms with Crippen molar-refractivity contribution in [3.63, 3.8) is 0 Å². The molecule has 0 spiro atoms. The maximum Gasteiger partial charge on any atom is 0.407 e. The molecule has 0 fully saturated rings. The highest BCUT2D eigenvalue weighted by atomic mass is 16.6. The zero-order valence-electron chi connectivity index (χ0n) is 19.2. The molecule has 8 nitrogen and oxygen atoms in total. The Morgan fingerprint density at radius 1 is 1.00 bits per heavy atom. The van der Waals surface area contributed by atoms with Crippen molar-refractivity contribution < 1.29 is 24.4 Å². The molecule has 0 saturated carbocycles. The molecule has 35 heavy (non-hydrogen) atoms. The fraction of sp³-hybridized carbons (Fsp3) is 0.259. The lowest BCUT2D eigenvalue weighted by molar-refractivity contribution is -0.384. The number of fused-ring (bicyclic) bond motifs is 3. The molecule has 2 atom stereocenters. The van der Waals surface area contributed by atoms with E-state index in [4.69, 9.17) is 4.74 Å². The zero-order chi connectivity index (χ0) is 24.9. The monoisotopic (exact) mass is 474 g/mol. The lowest BCUT2D eigenvalue weighted by atomic mass is 9.96. The van der Waals surface area contributed by atoms with Gasteiger partial charge in [0.05, 0.1) is 10.8 Å². The number of carboxylic acid groups (broad SMARTS) is 1. The molecule has 2 N–H and O–H groups in total. The largest absolute Gasteiger partial charge is 0.481 e. The number of carbonyl (C=O) groups is 2. The van der Waals surface area contributed by atoms with Crippen LogP contribution in [0.25, 0.3) is 11.1 Å². The summed E-state index contributed by atoms with van der Waals surface area (Å²) < 4.78 is 5.61. The number of alkyl carbamates (subject to hydrolysis) is 1. The Balaban J connectivity index is 1.44. The number of non-ortho nitro benzene ring substituents is 1. The molecule has 1 aliphatic rings. The minimum Gasteiger partial charge on any atom is -0.481 e. The Labute approximate surface area is 202 Å². The Bertz CT molecular complexity index is 1190. The van der Waals surface area contributed by atoms with E-state index in [2.05, 4.69) is 17.4 Å². The van der Waals surface area contributed by atoms with Crippen LogP contribution in [0.3, 0.4) is 0 Å². The minimum absolute atomic E-state index is 0.0336. The Morgan fingerprint density at radius 2 is 1.57 bits per heavy atom. The first kappa shape index (κ1) is 23.9. The van der Waals surface area contributed by atoms with Crippen molar-refractivity contribution in [3.8, 4) is 11.1 Å². The van der Waals surface area contributed by atoms with Crippen molar-refractivity contribution in [2.75, 3.05) is 6.61 Å². The molecule has 1 amide bonds. The molecule has 4 rings (SSSR count). The lowest BCUT2D eigenvalue weighted by Crippen LogP contribution is -2.39. The van der Waals surface area contributed by atoms with E-state index in [0.29, 0.717) is 6.42 Å². The van der Waals surface area contributed by atoms with Crippen molar-refractivity contribution >= 4 is 17.7 Å². The number of nitro benzene ring substituents is 1. The second kappa shape index (κ2) is 10.4. The first-order chi connectivity index (χ1) is 16.8. The Kier molecular flexibility index (Phi) is 7.10. The molecule has 0 saturated heterocycles. The summed E-state index contributed by atoms with van der Waals surface area (Å²) in [5, 5.41) is 23.0. The van der Waals surface area contributed by atoms with Crippen LogP contribution in [0.2, 0.25) is 0 Å². The van der Waals surface area contributed by atoms with E-state index in [0.717, 1.165) is 27.8 Å². The van der Waals surface area contributed by atoms with Gasteiger partial charge in [0.25, 0.3) is 5.69 Å². The molecule has 0 aliphatic heterocycles. The number of benzene rings is 3. The topological polar surface area (TPSA) is 119 Å². The summed E-state index contributed by atoms with van der Waals surface area (Å²) in [5.41, 5.74) is 5.17. The van der Waals surface area contributed by atoms with Crippen LogP contribution in [-0.2, 0) is 16.0 Å². The predicted octanol–water partition coefficient (Wildman–Crippen LogP) is 5.16. The second-order valence-electron chi connectivity index (χ2n) is 8.77. The van der Waals surface area contributed by atoms with Crippen LogP contribution < -0.4 is 5.32 Å². The van der Waals surface area contributed by atoms with Gasteiger partial charge in [-0.2, -0.15) is 0 Å². The number of nitro groups is 1. The van der Waals surface area contributed by atoms with E-state index < -0.39 is 28.9 Å². The van der Waals surface area contributed by atoms with Gasteiger partial charge in [0, 0.05) is 24.1 Å². The molecule has 0 radical (unpaired) electrons. The summed E-state index contributed by atoms with van der Waals surface area (Å²) in [6.07, 6.45) is -0.118. The van der Waals surface area contributed by atoms with E-state index >= 15 is 0 Å². The summed E-state index contributed by atoms with van der Waals surface area (Å²) in [6.45, 7) is 1.73. The first-order valence-corrected chi connectivity index (χ1v) is 11.4. The van der Waals surface area contributed by atoms with Gasteiger partial charge < -0.3 is 15.2 Å². The van der Waals surface area contributed by atoms with Crippen molar-refractivity contribution in [2.24, 2.45) is 5.92 Å². The van der Waals surface area contributed by atoms with Crippen LogP contribution in [0.5, 0.6) is 0 Å². The molecular formula is C27H26N2O6. The maximum atomic E-state index is 12.7. The molecule has 1 aliphatic carbocycles. The number of amides is 1. The highest BCUT2D eigenvalue weighted by Gasteiger charge is 2.29. The Hall–Kier alpha value is -4.20. The van der Waals surface area contributed by atoms with Gasteiger partial charge in [0.15, 0.2) is 0 Å². The van der Waals surface area contributed by atoms with Gasteiger partial charge in [-0.05, 0) is 40.7 Å². The van der Waals surface area contributed by atoms with Crippen molar-refractivity contribution in [1.82, 2.24) is 5.32 Å². The fourth-order valence-corrected chi connectivity index (χ4v) is 4.57. The number of rotatable bonds is 9. The Morgan fingerprint density at radius 3 is 2.11 bits per heavy atom. The number of hydrogen-bond donors (Lipinski definition) is 2. The fourth-order valence-electron chi connectivity index (χ4n) is 4.57. The van der Waals surface area contributed by atoms with Gasteiger partial charge in [-0.25, -0.2) is 4.79 Å². The number of carboxylic acids is 1. The van der Waals surface area contributed by atoms with Gasteiger partial charge in [0.1, 0.15) is 6.61 Å². The van der Waals surface area contributed by atoms with Gasteiger partial charge >= 0.3 is 12.1 Å². The first-order valence-electron chi connectivity index (χ1n) is 11.4. The molecule has 3 aromatic rings. The number of nitrogens with zero attached hydrogens (tertiary/aromatic N) is 1. The molecule has 3 aromatic carbocycles. The highest BCUT2D eigenvalue weighted by molar-refractivity contribution is 5.79. The number of carbonyl (C=O) groups excluding carboxylic acids is 1. The highest BCUT2D eigenvalue weighted by Crippen LogP contribution is 2.44. The molecule has 0 aromatic heterocycles. The van der Waals surface area contributed by atoms with Crippen molar-refractivity contribution in [2.45, 2.75) is 31.7 Å². The standard InChI is InChI=1S/C27H26N2O6/c1-17(26(30)31)14-19(15-18-10-12-20(13-11-18)29(33)34)28-27(32)35-16-25-23-8-4-2-6-21(23)22-7-3-5-9-24(22)25/h2-13,17,19,25H,14-16H2,1H3,(H,28,32)(H,30,31)/t17-,19+/m0/s1. The molecule has 180 valence electrons. The lowest BCUT2D eigenvalue weighted by Gasteiger charge is -2.21. The molecule has 8 heteroatoms. The summed E-state index contributed by atoms with van der Waals surface area (Å²) in [5.74, 6) is -1.74. The minimum atomic E-state index is -0.965. The third-order valence-electron chi connectivity index (χ3n) is 6.35.